The van der Waals surface area contributed by atoms with Crippen molar-refractivity contribution in [2.75, 3.05) is 7.11 Å². The van der Waals surface area contributed by atoms with Gasteiger partial charge in [-0.15, -0.1) is 0 Å². The van der Waals surface area contributed by atoms with Crippen molar-refractivity contribution in [1.29, 1.82) is 0 Å². The molecule has 5 nitrogen and oxygen atoms in total. The number of rotatable bonds is 4. The number of fused-ring (bicyclic) bond motifs is 1. The van der Waals surface area contributed by atoms with Gasteiger partial charge in [-0.2, -0.15) is 5.10 Å². The second-order valence-electron chi connectivity index (χ2n) is 5.70. The molecule has 0 amide bonds. The van der Waals surface area contributed by atoms with Crippen LogP contribution in [-0.2, 0) is 0 Å². The van der Waals surface area contributed by atoms with Crippen LogP contribution in [0.5, 0.6) is 17.2 Å². The molecule has 2 aromatic carbocycles. The molecular weight excluding hydrogens is 314 g/mol. The van der Waals surface area contributed by atoms with E-state index >= 15 is 0 Å². The van der Waals surface area contributed by atoms with Crippen LogP contribution in [0.3, 0.4) is 0 Å². The van der Waals surface area contributed by atoms with Crippen LogP contribution in [-0.4, -0.2) is 21.9 Å². The molecular formula is C20H17N3O2. The first-order valence-corrected chi connectivity index (χ1v) is 7.96. The summed E-state index contributed by atoms with van der Waals surface area (Å²) in [5.41, 5.74) is 2.69. The first-order valence-electron chi connectivity index (χ1n) is 7.96. The van der Waals surface area contributed by atoms with Crippen molar-refractivity contribution in [3.8, 4) is 22.9 Å². The van der Waals surface area contributed by atoms with Crippen LogP contribution in [0.1, 0.15) is 5.69 Å². The Kier molecular flexibility index (Phi) is 3.82. The van der Waals surface area contributed by atoms with Crippen LogP contribution in [0.4, 0.5) is 0 Å². The maximum Gasteiger partial charge on any atom is 0.138 e. The van der Waals surface area contributed by atoms with Crippen molar-refractivity contribution in [1.82, 2.24) is 14.8 Å². The highest BCUT2D eigenvalue weighted by Crippen LogP contribution is 2.33. The second kappa shape index (κ2) is 6.28. The highest BCUT2D eigenvalue weighted by Gasteiger charge is 2.09. The summed E-state index contributed by atoms with van der Waals surface area (Å²) in [7, 11) is 1.64. The van der Waals surface area contributed by atoms with E-state index < -0.39 is 0 Å². The summed E-state index contributed by atoms with van der Waals surface area (Å²) in [6.07, 6.45) is 3.62. The molecule has 0 saturated carbocycles. The highest BCUT2D eigenvalue weighted by atomic mass is 16.5. The third-order valence-electron chi connectivity index (χ3n) is 3.90. The summed E-state index contributed by atoms with van der Waals surface area (Å²) >= 11 is 0. The summed E-state index contributed by atoms with van der Waals surface area (Å²) in [4.78, 5) is 4.55. The predicted octanol–water partition coefficient (Wildman–Crippen LogP) is 4.53. The Bertz CT molecular complexity index is 1030. The molecule has 25 heavy (non-hydrogen) atoms. The molecule has 0 fully saturated rings. The number of aryl methyl sites for hydroxylation is 1. The minimum atomic E-state index is 0.681. The zero-order valence-electron chi connectivity index (χ0n) is 14.0. The molecule has 0 aliphatic carbocycles. The van der Waals surface area contributed by atoms with E-state index in [1.807, 2.05) is 67.7 Å². The van der Waals surface area contributed by atoms with Crippen molar-refractivity contribution in [2.45, 2.75) is 6.92 Å². The van der Waals surface area contributed by atoms with Gasteiger partial charge >= 0.3 is 0 Å². The average Bonchev–Trinajstić information content (AvgIpc) is 3.16. The molecule has 0 radical (unpaired) electrons. The van der Waals surface area contributed by atoms with E-state index in [0.717, 1.165) is 28.0 Å². The fraction of sp³-hybridized carbons (Fsp3) is 0.100. The van der Waals surface area contributed by atoms with Crippen molar-refractivity contribution in [3.63, 3.8) is 0 Å². The monoisotopic (exact) mass is 331 g/mol. The van der Waals surface area contributed by atoms with Crippen LogP contribution in [0.25, 0.3) is 16.6 Å². The molecule has 4 aromatic rings. The van der Waals surface area contributed by atoms with Gasteiger partial charge in [-0.1, -0.05) is 12.1 Å². The fourth-order valence-corrected chi connectivity index (χ4v) is 2.77. The number of para-hydroxylation sites is 1. The maximum absolute atomic E-state index is 6.19. The minimum absolute atomic E-state index is 0.681. The SMILES string of the molecule is COc1cc(Oc2cc(C)nc3ccccc23)cc(-n2cccn2)c1. The quantitative estimate of drug-likeness (QED) is 0.551. The second-order valence-corrected chi connectivity index (χ2v) is 5.70. The molecule has 0 saturated heterocycles. The number of hydrogen-bond acceptors (Lipinski definition) is 4. The van der Waals surface area contributed by atoms with Gasteiger partial charge in [-0.3, -0.25) is 4.98 Å². The molecule has 0 bridgehead atoms. The number of benzene rings is 2. The van der Waals surface area contributed by atoms with Crippen LogP contribution in [0.2, 0.25) is 0 Å². The van der Waals surface area contributed by atoms with Gasteiger partial charge in [0.2, 0.25) is 0 Å². The largest absolute Gasteiger partial charge is 0.497 e. The third-order valence-corrected chi connectivity index (χ3v) is 3.90. The molecule has 0 unspecified atom stereocenters. The van der Waals surface area contributed by atoms with Crippen LogP contribution in [0.15, 0.2) is 67.0 Å². The number of methoxy groups -OCH3 is 1. The summed E-state index contributed by atoms with van der Waals surface area (Å²) in [6.45, 7) is 1.96. The summed E-state index contributed by atoms with van der Waals surface area (Å²) in [6, 6.07) is 17.5. The van der Waals surface area contributed by atoms with E-state index in [9.17, 15) is 0 Å². The summed E-state index contributed by atoms with van der Waals surface area (Å²) in [5, 5.41) is 5.24. The average molecular weight is 331 g/mol. The number of nitrogens with zero attached hydrogens (tertiary/aromatic N) is 3. The van der Waals surface area contributed by atoms with E-state index in [4.69, 9.17) is 9.47 Å². The Morgan fingerprint density at radius 1 is 0.960 bits per heavy atom. The van der Waals surface area contributed by atoms with Crippen LogP contribution in [0, 0.1) is 6.92 Å². The standard InChI is InChI=1S/C20H17N3O2/c1-14-10-20(18-6-3-4-7-19(18)22-14)25-17-12-15(11-16(13-17)24-2)23-9-5-8-21-23/h3-13H,1-2H3. The molecule has 0 aliphatic heterocycles. The van der Waals surface area contributed by atoms with Gasteiger partial charge in [0.25, 0.3) is 0 Å². The lowest BCUT2D eigenvalue weighted by atomic mass is 10.2. The molecule has 0 N–H and O–H groups in total. The minimum Gasteiger partial charge on any atom is -0.497 e. The number of pyridine rings is 1. The van der Waals surface area contributed by atoms with Gasteiger partial charge in [0.1, 0.15) is 17.2 Å². The number of aromatic nitrogens is 3. The lowest BCUT2D eigenvalue weighted by molar-refractivity contribution is 0.409. The van der Waals surface area contributed by atoms with Crippen molar-refractivity contribution in [2.24, 2.45) is 0 Å². The van der Waals surface area contributed by atoms with E-state index in [2.05, 4.69) is 10.1 Å². The van der Waals surface area contributed by atoms with Gasteiger partial charge in [-0.05, 0) is 25.1 Å². The molecule has 0 spiro atoms. The van der Waals surface area contributed by atoms with Crippen molar-refractivity contribution < 1.29 is 9.47 Å². The van der Waals surface area contributed by atoms with Gasteiger partial charge in [0.15, 0.2) is 0 Å². The Balaban J connectivity index is 1.80. The maximum atomic E-state index is 6.19. The smallest absolute Gasteiger partial charge is 0.138 e. The fourth-order valence-electron chi connectivity index (χ4n) is 2.77. The van der Waals surface area contributed by atoms with Gasteiger partial charge < -0.3 is 9.47 Å². The van der Waals surface area contributed by atoms with Gasteiger partial charge in [0.05, 0.1) is 18.3 Å². The van der Waals surface area contributed by atoms with E-state index in [-0.39, 0.29) is 0 Å². The normalized spacial score (nSPS) is 10.8. The molecule has 0 aliphatic rings. The number of ether oxygens (including phenoxy) is 2. The van der Waals surface area contributed by atoms with Crippen molar-refractivity contribution in [3.05, 3.63) is 72.7 Å². The van der Waals surface area contributed by atoms with Crippen LogP contribution >= 0.6 is 0 Å². The third kappa shape index (κ3) is 3.04. The van der Waals surface area contributed by atoms with E-state index in [1.54, 1.807) is 18.0 Å². The first kappa shape index (κ1) is 15.2. The molecule has 2 heterocycles. The molecule has 2 aromatic heterocycles. The first-order chi connectivity index (χ1) is 12.2. The Labute approximate surface area is 145 Å². The van der Waals surface area contributed by atoms with Gasteiger partial charge in [0, 0.05) is 47.7 Å². The number of hydrogen-bond donors (Lipinski definition) is 0. The zero-order valence-corrected chi connectivity index (χ0v) is 14.0. The zero-order chi connectivity index (χ0) is 17.2. The topological polar surface area (TPSA) is 49.2 Å². The summed E-state index contributed by atoms with van der Waals surface area (Å²) < 4.78 is 13.4. The molecule has 5 heteroatoms. The van der Waals surface area contributed by atoms with Crippen molar-refractivity contribution >= 4 is 10.9 Å². The Morgan fingerprint density at radius 3 is 2.60 bits per heavy atom. The van der Waals surface area contributed by atoms with Crippen LogP contribution < -0.4 is 9.47 Å². The predicted molar refractivity (Wildman–Crippen MR) is 96.7 cm³/mol. The lowest BCUT2D eigenvalue weighted by Gasteiger charge is -2.13. The van der Waals surface area contributed by atoms with Gasteiger partial charge in [-0.25, -0.2) is 4.68 Å². The summed E-state index contributed by atoms with van der Waals surface area (Å²) in [5.74, 6) is 2.15. The van der Waals surface area contributed by atoms with E-state index in [1.165, 1.54) is 0 Å². The Hall–Kier alpha value is -3.34. The molecule has 124 valence electrons. The molecule has 0 atom stereocenters. The lowest BCUT2D eigenvalue weighted by Crippen LogP contribution is -1.97. The molecule has 4 rings (SSSR count). The van der Waals surface area contributed by atoms with E-state index in [0.29, 0.717) is 11.5 Å². The highest BCUT2D eigenvalue weighted by molar-refractivity contribution is 5.85. The Morgan fingerprint density at radius 2 is 1.80 bits per heavy atom.